The molecule has 1 amide bonds. The predicted molar refractivity (Wildman–Crippen MR) is 68.0 cm³/mol. The highest BCUT2D eigenvalue weighted by Crippen LogP contribution is 2.21. The first-order valence-electron chi connectivity index (χ1n) is 5.37. The molecule has 0 aliphatic carbocycles. The van der Waals surface area contributed by atoms with Crippen LogP contribution in [0.5, 0.6) is 5.75 Å². The van der Waals surface area contributed by atoms with Crippen LogP contribution in [0.25, 0.3) is 0 Å². The number of nitrogens with one attached hydrogen (secondary N) is 2. The van der Waals surface area contributed by atoms with E-state index in [0.717, 1.165) is 0 Å². The lowest BCUT2D eigenvalue weighted by atomic mass is 10.1. The molecule has 0 saturated carbocycles. The SMILES string of the molecule is CC1=NNC(=O)C1=CNc1ccc(O)c(C(=O)O)c1. The van der Waals surface area contributed by atoms with Gasteiger partial charge in [0.2, 0.25) is 0 Å². The van der Waals surface area contributed by atoms with E-state index in [1.54, 1.807) is 6.92 Å². The van der Waals surface area contributed by atoms with E-state index in [4.69, 9.17) is 5.11 Å². The first kappa shape index (κ1) is 12.6. The fourth-order valence-corrected chi connectivity index (χ4v) is 1.54. The van der Waals surface area contributed by atoms with Gasteiger partial charge in [-0.1, -0.05) is 0 Å². The second kappa shape index (κ2) is 4.81. The number of carbonyl (C=O) groups excluding carboxylic acids is 1. The lowest BCUT2D eigenvalue weighted by Crippen LogP contribution is -2.13. The van der Waals surface area contributed by atoms with Gasteiger partial charge in [0, 0.05) is 11.9 Å². The minimum atomic E-state index is -1.23. The molecular formula is C12H11N3O4. The highest BCUT2D eigenvalue weighted by molar-refractivity contribution is 6.24. The summed E-state index contributed by atoms with van der Waals surface area (Å²) in [5.41, 5.74) is 3.43. The summed E-state index contributed by atoms with van der Waals surface area (Å²) in [6.07, 6.45) is 1.43. The molecule has 0 saturated heterocycles. The smallest absolute Gasteiger partial charge is 0.339 e. The van der Waals surface area contributed by atoms with Gasteiger partial charge in [-0.15, -0.1) is 0 Å². The van der Waals surface area contributed by atoms with Crippen molar-refractivity contribution in [1.29, 1.82) is 0 Å². The minimum Gasteiger partial charge on any atom is -0.507 e. The molecule has 0 bridgehead atoms. The number of aromatic carboxylic acids is 1. The number of hydrogen-bond donors (Lipinski definition) is 4. The third kappa shape index (κ3) is 2.54. The van der Waals surface area contributed by atoms with E-state index in [9.17, 15) is 14.7 Å². The van der Waals surface area contributed by atoms with Crippen LogP contribution in [0.3, 0.4) is 0 Å². The summed E-state index contributed by atoms with van der Waals surface area (Å²) < 4.78 is 0. The van der Waals surface area contributed by atoms with E-state index in [1.807, 2.05) is 0 Å². The highest BCUT2D eigenvalue weighted by atomic mass is 16.4. The molecule has 1 aliphatic rings. The van der Waals surface area contributed by atoms with Crippen molar-refractivity contribution in [2.45, 2.75) is 6.92 Å². The summed E-state index contributed by atoms with van der Waals surface area (Å²) in [7, 11) is 0. The molecule has 0 aromatic heterocycles. The zero-order valence-electron chi connectivity index (χ0n) is 9.97. The van der Waals surface area contributed by atoms with Crippen molar-refractivity contribution < 1.29 is 19.8 Å². The van der Waals surface area contributed by atoms with Gasteiger partial charge < -0.3 is 15.5 Å². The standard InChI is InChI=1S/C12H11N3O4/c1-6-9(11(17)15-14-6)5-13-7-2-3-10(16)8(4-7)12(18)19/h2-5,13,16H,1H3,(H,15,17)(H,18,19). The Morgan fingerprint density at radius 3 is 2.79 bits per heavy atom. The Bertz CT molecular complexity index is 619. The van der Waals surface area contributed by atoms with Gasteiger partial charge in [0.15, 0.2) is 0 Å². The third-order valence-electron chi connectivity index (χ3n) is 2.57. The van der Waals surface area contributed by atoms with E-state index >= 15 is 0 Å². The Kier molecular flexibility index (Phi) is 3.19. The van der Waals surface area contributed by atoms with Crippen LogP contribution in [0.1, 0.15) is 17.3 Å². The molecule has 19 heavy (non-hydrogen) atoms. The molecule has 0 atom stereocenters. The fraction of sp³-hybridized carbons (Fsp3) is 0.0833. The van der Waals surface area contributed by atoms with Crippen molar-refractivity contribution in [3.63, 3.8) is 0 Å². The molecule has 0 unspecified atom stereocenters. The number of rotatable bonds is 3. The maximum absolute atomic E-state index is 11.4. The van der Waals surface area contributed by atoms with Gasteiger partial charge in [-0.3, -0.25) is 4.79 Å². The normalized spacial score (nSPS) is 16.2. The van der Waals surface area contributed by atoms with Gasteiger partial charge in [-0.05, 0) is 25.1 Å². The molecule has 0 radical (unpaired) electrons. The first-order chi connectivity index (χ1) is 8.99. The molecular weight excluding hydrogens is 250 g/mol. The number of nitrogens with zero attached hydrogens (tertiary/aromatic N) is 1. The number of carboxylic acid groups (broad SMARTS) is 1. The summed E-state index contributed by atoms with van der Waals surface area (Å²) in [6, 6.07) is 4.03. The second-order valence-corrected chi connectivity index (χ2v) is 3.88. The Labute approximate surface area is 108 Å². The van der Waals surface area contributed by atoms with Crippen molar-refractivity contribution in [3.8, 4) is 5.75 Å². The number of amides is 1. The van der Waals surface area contributed by atoms with Gasteiger partial charge in [-0.25, -0.2) is 10.2 Å². The summed E-state index contributed by atoms with van der Waals surface area (Å²) in [5, 5.41) is 24.8. The number of benzene rings is 1. The molecule has 7 heteroatoms. The van der Waals surface area contributed by atoms with Crippen LogP contribution in [-0.4, -0.2) is 27.8 Å². The molecule has 1 aliphatic heterocycles. The average Bonchev–Trinajstić information content (AvgIpc) is 2.68. The summed E-state index contributed by atoms with van der Waals surface area (Å²) in [4.78, 5) is 22.2. The Balaban J connectivity index is 2.23. The fourth-order valence-electron chi connectivity index (χ4n) is 1.54. The molecule has 98 valence electrons. The van der Waals surface area contributed by atoms with Crippen LogP contribution < -0.4 is 10.7 Å². The van der Waals surface area contributed by atoms with Crippen molar-refractivity contribution >= 4 is 23.3 Å². The van der Waals surface area contributed by atoms with E-state index in [-0.39, 0.29) is 17.2 Å². The van der Waals surface area contributed by atoms with Gasteiger partial charge in [0.1, 0.15) is 11.3 Å². The number of hydrogen-bond acceptors (Lipinski definition) is 5. The second-order valence-electron chi connectivity index (χ2n) is 3.88. The van der Waals surface area contributed by atoms with Gasteiger partial charge >= 0.3 is 5.97 Å². The molecule has 1 aromatic carbocycles. The van der Waals surface area contributed by atoms with Gasteiger partial charge in [-0.2, -0.15) is 5.10 Å². The Morgan fingerprint density at radius 2 is 2.21 bits per heavy atom. The largest absolute Gasteiger partial charge is 0.507 e. The predicted octanol–water partition coefficient (Wildman–Crippen LogP) is 0.892. The van der Waals surface area contributed by atoms with Crippen LogP contribution in [0.2, 0.25) is 0 Å². The zero-order valence-corrected chi connectivity index (χ0v) is 9.97. The van der Waals surface area contributed by atoms with E-state index in [1.165, 1.54) is 24.4 Å². The maximum Gasteiger partial charge on any atom is 0.339 e. The summed E-state index contributed by atoms with van der Waals surface area (Å²) in [6.45, 7) is 1.67. The molecule has 0 fully saturated rings. The Hall–Kier alpha value is -2.83. The first-order valence-corrected chi connectivity index (χ1v) is 5.37. The van der Waals surface area contributed by atoms with E-state index in [0.29, 0.717) is 17.0 Å². The maximum atomic E-state index is 11.4. The van der Waals surface area contributed by atoms with Crippen LogP contribution in [-0.2, 0) is 4.79 Å². The monoisotopic (exact) mass is 261 g/mol. The molecule has 7 nitrogen and oxygen atoms in total. The molecule has 1 aromatic rings. The number of carboxylic acids is 1. The van der Waals surface area contributed by atoms with Gasteiger partial charge in [0.25, 0.3) is 5.91 Å². The van der Waals surface area contributed by atoms with Gasteiger partial charge in [0.05, 0.1) is 11.3 Å². The van der Waals surface area contributed by atoms with Crippen LogP contribution >= 0.6 is 0 Å². The van der Waals surface area contributed by atoms with E-state index in [2.05, 4.69) is 15.8 Å². The Morgan fingerprint density at radius 1 is 1.47 bits per heavy atom. The van der Waals surface area contributed by atoms with Crippen molar-refractivity contribution in [3.05, 3.63) is 35.5 Å². The van der Waals surface area contributed by atoms with E-state index < -0.39 is 5.97 Å². The quantitative estimate of drug-likeness (QED) is 0.477. The summed E-state index contributed by atoms with van der Waals surface area (Å²) >= 11 is 0. The number of anilines is 1. The van der Waals surface area contributed by atoms with Crippen molar-refractivity contribution in [2.75, 3.05) is 5.32 Å². The molecule has 2 rings (SSSR count). The van der Waals surface area contributed by atoms with Crippen molar-refractivity contribution in [1.82, 2.24) is 5.43 Å². The van der Waals surface area contributed by atoms with Crippen LogP contribution in [0, 0.1) is 0 Å². The van der Waals surface area contributed by atoms with Crippen LogP contribution in [0.4, 0.5) is 5.69 Å². The highest BCUT2D eigenvalue weighted by Gasteiger charge is 2.18. The van der Waals surface area contributed by atoms with Crippen molar-refractivity contribution in [2.24, 2.45) is 5.10 Å². The molecule has 1 heterocycles. The summed E-state index contributed by atoms with van der Waals surface area (Å²) in [5.74, 6) is -1.88. The average molecular weight is 261 g/mol. The number of carbonyl (C=O) groups is 2. The topological polar surface area (TPSA) is 111 Å². The van der Waals surface area contributed by atoms with Crippen LogP contribution in [0.15, 0.2) is 35.1 Å². The third-order valence-corrected chi connectivity index (χ3v) is 2.57. The zero-order chi connectivity index (χ0) is 14.0. The minimum absolute atomic E-state index is 0.218. The number of phenols is 1. The lowest BCUT2D eigenvalue weighted by Gasteiger charge is -2.05. The number of hydrazone groups is 1. The lowest BCUT2D eigenvalue weighted by molar-refractivity contribution is -0.116. The molecule has 4 N–H and O–H groups in total. The number of aromatic hydroxyl groups is 1. The molecule has 0 spiro atoms.